The van der Waals surface area contributed by atoms with Crippen LogP contribution in [0.4, 0.5) is 4.79 Å². The number of benzene rings is 1. The summed E-state index contributed by atoms with van der Waals surface area (Å²) < 4.78 is 18.2. The monoisotopic (exact) mass is 440 g/mol. The van der Waals surface area contributed by atoms with Gasteiger partial charge in [0.05, 0.1) is 19.8 Å². The van der Waals surface area contributed by atoms with E-state index in [0.29, 0.717) is 11.3 Å². The second-order valence-electron chi connectivity index (χ2n) is 7.25. The highest BCUT2D eigenvalue weighted by Crippen LogP contribution is 2.38. The molecular formula is C20H28N2O7S. The van der Waals surface area contributed by atoms with Crippen LogP contribution in [-0.4, -0.2) is 63.7 Å². The zero-order valence-corrected chi connectivity index (χ0v) is 18.5. The zero-order valence-electron chi connectivity index (χ0n) is 17.7. The Labute approximate surface area is 180 Å². The summed E-state index contributed by atoms with van der Waals surface area (Å²) in [7, 11) is 0. The lowest BCUT2D eigenvalue weighted by Gasteiger charge is -2.26. The van der Waals surface area contributed by atoms with E-state index in [2.05, 4.69) is 0 Å². The van der Waals surface area contributed by atoms with Crippen molar-refractivity contribution in [2.45, 2.75) is 46.3 Å². The molecule has 0 saturated carbocycles. The topological polar surface area (TPSA) is 106 Å². The second kappa shape index (κ2) is 10.5. The summed E-state index contributed by atoms with van der Waals surface area (Å²) in [5.41, 5.74) is 1.36. The molecule has 1 amide bonds. The molecule has 0 bridgehead atoms. The molecule has 10 heteroatoms. The average molecular weight is 441 g/mol. The first kappa shape index (κ1) is 23.8. The van der Waals surface area contributed by atoms with Crippen LogP contribution in [0.25, 0.3) is 0 Å². The third-order valence-corrected chi connectivity index (χ3v) is 5.11. The van der Waals surface area contributed by atoms with Gasteiger partial charge in [0.1, 0.15) is 24.4 Å². The summed E-state index contributed by atoms with van der Waals surface area (Å²) >= 11 is 0.756. The van der Waals surface area contributed by atoms with E-state index in [1.54, 1.807) is 19.9 Å². The van der Waals surface area contributed by atoms with Crippen molar-refractivity contribution in [1.29, 1.82) is 0 Å². The van der Waals surface area contributed by atoms with E-state index in [-0.39, 0.29) is 38.4 Å². The van der Waals surface area contributed by atoms with Crippen molar-refractivity contribution in [3.05, 3.63) is 29.3 Å². The van der Waals surface area contributed by atoms with E-state index >= 15 is 0 Å². The van der Waals surface area contributed by atoms with E-state index in [1.165, 1.54) is 4.31 Å². The number of ether oxygens (including phenoxy) is 3. The number of carbonyl (C=O) groups excluding carboxylic acids is 2. The first-order valence-corrected chi connectivity index (χ1v) is 10.4. The molecule has 2 rings (SSSR count). The van der Waals surface area contributed by atoms with Crippen molar-refractivity contribution >= 4 is 30.2 Å². The van der Waals surface area contributed by atoms with Crippen LogP contribution >= 0.6 is 12.1 Å². The van der Waals surface area contributed by atoms with Crippen molar-refractivity contribution in [3.63, 3.8) is 0 Å². The lowest BCUT2D eigenvalue weighted by Crippen LogP contribution is -2.36. The highest BCUT2D eigenvalue weighted by Gasteiger charge is 2.33. The van der Waals surface area contributed by atoms with Gasteiger partial charge in [-0.3, -0.25) is 9.59 Å². The standard InChI is InChI=1S/C20H28N2O7S/c1-5-27-16(23)12-21(13-17(24)28-6-2)30-22(19(25)26)11-15-9-7-8-14-10-20(3,4)29-18(14)15/h7-9H,5-6,10-13H2,1-4H3,(H,25,26). The summed E-state index contributed by atoms with van der Waals surface area (Å²) in [4.78, 5) is 35.7. The number of hydrogen-bond acceptors (Lipinski definition) is 8. The molecule has 0 unspecified atom stereocenters. The third-order valence-electron chi connectivity index (χ3n) is 4.14. The number of esters is 2. The van der Waals surface area contributed by atoms with Crippen LogP contribution in [0, 0.1) is 0 Å². The molecule has 1 aromatic carbocycles. The number of nitrogens with zero attached hydrogens (tertiary/aromatic N) is 2. The van der Waals surface area contributed by atoms with Gasteiger partial charge in [-0.2, -0.15) is 0 Å². The molecule has 0 atom stereocenters. The van der Waals surface area contributed by atoms with Gasteiger partial charge in [0, 0.05) is 24.1 Å². The normalized spacial score (nSPS) is 14.0. The fourth-order valence-corrected chi connectivity index (χ4v) is 3.92. The largest absolute Gasteiger partial charge is 0.487 e. The zero-order chi connectivity index (χ0) is 22.3. The number of carboxylic acid groups (broad SMARTS) is 1. The lowest BCUT2D eigenvalue weighted by molar-refractivity contribution is -0.145. The fourth-order valence-electron chi connectivity index (χ4n) is 3.04. The van der Waals surface area contributed by atoms with Crippen molar-refractivity contribution in [3.8, 4) is 5.75 Å². The first-order valence-electron chi connectivity index (χ1n) is 9.69. The predicted octanol–water partition coefficient (Wildman–Crippen LogP) is 2.87. The summed E-state index contributed by atoms with van der Waals surface area (Å²) in [5.74, 6) is -0.452. The van der Waals surface area contributed by atoms with Crippen LogP contribution in [0.5, 0.6) is 5.75 Å². The summed E-state index contributed by atoms with van der Waals surface area (Å²) in [6, 6.07) is 5.62. The average Bonchev–Trinajstić information content (AvgIpc) is 2.96. The van der Waals surface area contributed by atoms with Gasteiger partial charge in [-0.25, -0.2) is 13.4 Å². The minimum atomic E-state index is -1.22. The predicted molar refractivity (Wildman–Crippen MR) is 111 cm³/mol. The van der Waals surface area contributed by atoms with Crippen LogP contribution in [-0.2, 0) is 32.0 Å². The minimum Gasteiger partial charge on any atom is -0.487 e. The van der Waals surface area contributed by atoms with E-state index in [1.807, 2.05) is 26.0 Å². The van der Waals surface area contributed by atoms with Crippen LogP contribution in [0.1, 0.15) is 38.8 Å². The fraction of sp³-hybridized carbons (Fsp3) is 0.550. The second-order valence-corrected chi connectivity index (χ2v) is 8.37. The Morgan fingerprint density at radius 1 is 1.13 bits per heavy atom. The van der Waals surface area contributed by atoms with Crippen molar-refractivity contribution in [1.82, 2.24) is 8.61 Å². The molecule has 0 saturated heterocycles. The minimum absolute atomic E-state index is 0.0153. The maximum atomic E-state index is 11.9. The molecule has 1 N–H and O–H groups in total. The quantitative estimate of drug-likeness (QED) is 0.434. The molecule has 0 aliphatic carbocycles. The van der Waals surface area contributed by atoms with Crippen LogP contribution < -0.4 is 4.74 Å². The first-order chi connectivity index (χ1) is 14.1. The summed E-state index contributed by atoms with van der Waals surface area (Å²) in [6.07, 6.45) is -0.485. The van der Waals surface area contributed by atoms with Gasteiger partial charge in [0.15, 0.2) is 0 Å². The Morgan fingerprint density at radius 2 is 1.73 bits per heavy atom. The van der Waals surface area contributed by atoms with Crippen molar-refractivity contribution < 1.29 is 33.7 Å². The van der Waals surface area contributed by atoms with Gasteiger partial charge >= 0.3 is 18.0 Å². The van der Waals surface area contributed by atoms with Crippen molar-refractivity contribution in [2.24, 2.45) is 0 Å². The molecule has 166 valence electrons. The molecular weight excluding hydrogens is 412 g/mol. The highest BCUT2D eigenvalue weighted by molar-refractivity contribution is 7.95. The van der Waals surface area contributed by atoms with E-state index in [9.17, 15) is 19.5 Å². The molecule has 0 fully saturated rings. The molecule has 30 heavy (non-hydrogen) atoms. The lowest BCUT2D eigenvalue weighted by atomic mass is 10.0. The van der Waals surface area contributed by atoms with Crippen molar-refractivity contribution in [2.75, 3.05) is 26.3 Å². The smallest absolute Gasteiger partial charge is 0.418 e. The number of fused-ring (bicyclic) bond motifs is 1. The molecule has 0 spiro atoms. The number of rotatable bonds is 10. The van der Waals surface area contributed by atoms with Gasteiger partial charge in [-0.1, -0.05) is 18.2 Å². The Kier molecular flexibility index (Phi) is 8.36. The maximum absolute atomic E-state index is 11.9. The Morgan fingerprint density at radius 3 is 2.27 bits per heavy atom. The molecule has 1 aliphatic heterocycles. The number of hydrogen-bond donors (Lipinski definition) is 1. The third kappa shape index (κ3) is 6.81. The maximum Gasteiger partial charge on any atom is 0.418 e. The van der Waals surface area contributed by atoms with E-state index < -0.39 is 18.0 Å². The molecule has 0 aromatic heterocycles. The molecule has 9 nitrogen and oxygen atoms in total. The molecule has 1 aliphatic rings. The van der Waals surface area contributed by atoms with Crippen LogP contribution in [0.2, 0.25) is 0 Å². The van der Waals surface area contributed by atoms with Gasteiger partial charge in [-0.05, 0) is 33.3 Å². The number of carbonyl (C=O) groups is 3. The molecule has 0 radical (unpaired) electrons. The number of amides is 1. The molecule has 1 heterocycles. The Balaban J connectivity index is 2.17. The van der Waals surface area contributed by atoms with E-state index in [0.717, 1.165) is 28.4 Å². The SMILES string of the molecule is CCOC(=O)CN(CC(=O)OCC)SN(Cc1cccc2c1OC(C)(C)C2)C(=O)O. The Bertz CT molecular complexity index is 764. The highest BCUT2D eigenvalue weighted by atomic mass is 32.2. The Hall–Kier alpha value is -2.46. The summed E-state index contributed by atoms with van der Waals surface area (Å²) in [6.45, 7) is 7.13. The summed E-state index contributed by atoms with van der Waals surface area (Å²) in [5, 5.41) is 9.71. The van der Waals surface area contributed by atoms with Gasteiger partial charge in [-0.15, -0.1) is 0 Å². The van der Waals surface area contributed by atoms with Crippen LogP contribution in [0.3, 0.4) is 0 Å². The van der Waals surface area contributed by atoms with Gasteiger partial charge in [0.25, 0.3) is 0 Å². The van der Waals surface area contributed by atoms with Crippen LogP contribution in [0.15, 0.2) is 18.2 Å². The number of para-hydroxylation sites is 1. The molecule has 1 aromatic rings. The van der Waals surface area contributed by atoms with Gasteiger partial charge in [0.2, 0.25) is 0 Å². The van der Waals surface area contributed by atoms with Gasteiger partial charge < -0.3 is 19.3 Å². The van der Waals surface area contributed by atoms with E-state index in [4.69, 9.17) is 14.2 Å².